The van der Waals surface area contributed by atoms with Crippen molar-refractivity contribution < 1.29 is 9.53 Å². The minimum absolute atomic E-state index is 0.0544. The van der Waals surface area contributed by atoms with Crippen molar-refractivity contribution in [2.45, 2.75) is 45.1 Å². The van der Waals surface area contributed by atoms with E-state index >= 15 is 0 Å². The fourth-order valence-electron chi connectivity index (χ4n) is 2.43. The monoisotopic (exact) mass is 252 g/mol. The lowest BCUT2D eigenvalue weighted by Gasteiger charge is -2.23. The molecule has 0 aromatic carbocycles. The van der Waals surface area contributed by atoms with Gasteiger partial charge in [0.1, 0.15) is 0 Å². The second-order valence-corrected chi connectivity index (χ2v) is 5.22. The first-order valence-electron chi connectivity index (χ1n) is 7.06. The Labute approximate surface area is 109 Å². The first-order valence-corrected chi connectivity index (χ1v) is 7.06. The zero-order chi connectivity index (χ0) is 12.8. The van der Waals surface area contributed by atoms with Gasteiger partial charge in [-0.15, -0.1) is 0 Å². The summed E-state index contributed by atoms with van der Waals surface area (Å²) in [6.45, 7) is 4.87. The Kier molecular flexibility index (Phi) is 5.20. The number of carbonyl (C=O) groups excluding carboxylic acids is 1. The second-order valence-electron chi connectivity index (χ2n) is 5.22. The van der Waals surface area contributed by atoms with E-state index in [-0.39, 0.29) is 5.91 Å². The van der Waals surface area contributed by atoms with Crippen molar-refractivity contribution in [3.8, 4) is 0 Å². The first kappa shape index (κ1) is 13.6. The van der Waals surface area contributed by atoms with Crippen molar-refractivity contribution in [2.75, 3.05) is 26.2 Å². The van der Waals surface area contributed by atoms with E-state index < -0.39 is 0 Å². The number of carbonyl (C=O) groups is 1. The van der Waals surface area contributed by atoms with E-state index in [4.69, 9.17) is 4.74 Å². The highest BCUT2D eigenvalue weighted by molar-refractivity contribution is 5.93. The van der Waals surface area contributed by atoms with Crippen LogP contribution in [0.2, 0.25) is 0 Å². The third-order valence-corrected chi connectivity index (χ3v) is 3.84. The number of hydrogen-bond acceptors (Lipinski definition) is 3. The molecule has 102 valence electrons. The Balaban J connectivity index is 1.58. The molecule has 1 heterocycles. The van der Waals surface area contributed by atoms with Gasteiger partial charge in [-0.2, -0.15) is 0 Å². The molecule has 1 amide bonds. The molecule has 0 radical (unpaired) electrons. The van der Waals surface area contributed by atoms with E-state index in [0.29, 0.717) is 19.3 Å². The summed E-state index contributed by atoms with van der Waals surface area (Å²) in [6, 6.07) is 0. The fraction of sp³-hybridized carbons (Fsp3) is 0.786. The van der Waals surface area contributed by atoms with Crippen LogP contribution in [0.15, 0.2) is 11.1 Å². The summed E-state index contributed by atoms with van der Waals surface area (Å²) in [7, 11) is 0. The lowest BCUT2D eigenvalue weighted by atomic mass is 9.98. The minimum atomic E-state index is 0.0544. The van der Waals surface area contributed by atoms with E-state index in [1.807, 2.05) is 6.92 Å². The van der Waals surface area contributed by atoms with Crippen LogP contribution in [0.3, 0.4) is 0 Å². The van der Waals surface area contributed by atoms with Gasteiger partial charge in [0.05, 0.1) is 12.7 Å². The summed E-state index contributed by atoms with van der Waals surface area (Å²) in [5.74, 6) is 0.0544. The Hall–Kier alpha value is -0.870. The molecular weight excluding hydrogens is 228 g/mol. The van der Waals surface area contributed by atoms with Gasteiger partial charge in [0.25, 0.3) is 0 Å². The van der Waals surface area contributed by atoms with Crippen LogP contribution in [0.25, 0.3) is 0 Å². The number of nitrogens with one attached hydrogen (secondary N) is 2. The number of ether oxygens (including phenoxy) is 1. The average Bonchev–Trinajstić information content (AvgIpc) is 2.33. The minimum Gasteiger partial charge on any atom is -0.376 e. The molecule has 1 aliphatic heterocycles. The van der Waals surface area contributed by atoms with E-state index in [1.54, 1.807) is 0 Å². The largest absolute Gasteiger partial charge is 0.376 e. The van der Waals surface area contributed by atoms with Gasteiger partial charge in [-0.25, -0.2) is 0 Å². The Morgan fingerprint density at radius 3 is 2.67 bits per heavy atom. The average molecular weight is 252 g/mol. The molecule has 0 unspecified atom stereocenters. The molecule has 0 bridgehead atoms. The van der Waals surface area contributed by atoms with Crippen molar-refractivity contribution in [1.82, 2.24) is 10.6 Å². The van der Waals surface area contributed by atoms with Crippen LogP contribution in [0, 0.1) is 0 Å². The van der Waals surface area contributed by atoms with Crippen LogP contribution in [0.1, 0.15) is 39.0 Å². The van der Waals surface area contributed by atoms with Crippen molar-refractivity contribution >= 4 is 5.91 Å². The third-order valence-electron chi connectivity index (χ3n) is 3.84. The van der Waals surface area contributed by atoms with Gasteiger partial charge in [0, 0.05) is 25.2 Å². The third kappa shape index (κ3) is 3.82. The normalized spacial score (nSPS) is 20.4. The predicted molar refractivity (Wildman–Crippen MR) is 71.4 cm³/mol. The Bertz CT molecular complexity index is 314. The SMILES string of the molecule is CC(C(=O)NCCOC1CCCCC1)=C1CNC1. The quantitative estimate of drug-likeness (QED) is 0.574. The molecule has 4 nitrogen and oxygen atoms in total. The van der Waals surface area contributed by atoms with Crippen LogP contribution in [-0.4, -0.2) is 38.3 Å². The molecule has 0 spiro atoms. The highest BCUT2D eigenvalue weighted by atomic mass is 16.5. The molecule has 0 atom stereocenters. The van der Waals surface area contributed by atoms with Gasteiger partial charge in [-0.3, -0.25) is 4.79 Å². The maximum atomic E-state index is 11.8. The van der Waals surface area contributed by atoms with Crippen LogP contribution in [0.4, 0.5) is 0 Å². The maximum Gasteiger partial charge on any atom is 0.247 e. The fourth-order valence-corrected chi connectivity index (χ4v) is 2.43. The molecule has 0 aromatic heterocycles. The maximum absolute atomic E-state index is 11.8. The molecule has 1 saturated heterocycles. The first-order chi connectivity index (χ1) is 8.77. The van der Waals surface area contributed by atoms with Gasteiger partial charge in [-0.1, -0.05) is 19.3 Å². The Morgan fingerprint density at radius 1 is 1.33 bits per heavy atom. The zero-order valence-electron chi connectivity index (χ0n) is 11.3. The van der Waals surface area contributed by atoms with Crippen LogP contribution in [0.5, 0.6) is 0 Å². The molecule has 2 fully saturated rings. The molecule has 0 aromatic rings. The molecule has 1 saturated carbocycles. The van der Waals surface area contributed by atoms with E-state index in [0.717, 1.165) is 18.7 Å². The summed E-state index contributed by atoms with van der Waals surface area (Å²) in [5, 5.41) is 6.07. The predicted octanol–water partition coefficient (Wildman–Crippen LogP) is 1.37. The van der Waals surface area contributed by atoms with Gasteiger partial charge >= 0.3 is 0 Å². The van der Waals surface area contributed by atoms with Crippen LogP contribution in [-0.2, 0) is 9.53 Å². The lowest BCUT2D eigenvalue weighted by molar-refractivity contribution is -0.117. The molecule has 2 N–H and O–H groups in total. The van der Waals surface area contributed by atoms with Crippen molar-refractivity contribution in [3.05, 3.63) is 11.1 Å². The summed E-state index contributed by atoms with van der Waals surface area (Å²) in [4.78, 5) is 11.8. The second kappa shape index (κ2) is 6.90. The molecule has 18 heavy (non-hydrogen) atoms. The standard InChI is InChI=1S/C14H24N2O2/c1-11(12-9-15-10-12)14(17)16-7-8-18-13-5-3-2-4-6-13/h13,15H,2-10H2,1H3,(H,16,17). The molecular formula is C14H24N2O2. The van der Waals surface area contributed by atoms with Crippen LogP contribution < -0.4 is 10.6 Å². The summed E-state index contributed by atoms with van der Waals surface area (Å²) in [5.41, 5.74) is 2.09. The van der Waals surface area contributed by atoms with E-state index in [1.165, 1.54) is 37.7 Å². The smallest absolute Gasteiger partial charge is 0.247 e. The number of rotatable bonds is 5. The van der Waals surface area contributed by atoms with Crippen molar-refractivity contribution in [1.29, 1.82) is 0 Å². The van der Waals surface area contributed by atoms with Gasteiger partial charge in [-0.05, 0) is 25.3 Å². The van der Waals surface area contributed by atoms with Gasteiger partial charge in [0.2, 0.25) is 5.91 Å². The molecule has 2 rings (SSSR count). The van der Waals surface area contributed by atoms with Gasteiger partial charge < -0.3 is 15.4 Å². The zero-order valence-corrected chi connectivity index (χ0v) is 11.3. The molecule has 4 heteroatoms. The highest BCUT2D eigenvalue weighted by Gasteiger charge is 2.16. The summed E-state index contributed by atoms with van der Waals surface area (Å²) < 4.78 is 5.77. The van der Waals surface area contributed by atoms with E-state index in [9.17, 15) is 4.79 Å². The Morgan fingerprint density at radius 2 is 2.06 bits per heavy atom. The lowest BCUT2D eigenvalue weighted by Crippen LogP contribution is -2.38. The van der Waals surface area contributed by atoms with Crippen LogP contribution >= 0.6 is 0 Å². The summed E-state index contributed by atoms with van der Waals surface area (Å²) >= 11 is 0. The van der Waals surface area contributed by atoms with E-state index in [2.05, 4.69) is 10.6 Å². The number of amides is 1. The highest BCUT2D eigenvalue weighted by Crippen LogP contribution is 2.19. The summed E-state index contributed by atoms with van der Waals surface area (Å²) in [6.07, 6.45) is 6.71. The molecule has 1 aliphatic carbocycles. The van der Waals surface area contributed by atoms with Crippen molar-refractivity contribution in [3.63, 3.8) is 0 Å². The molecule has 2 aliphatic rings. The van der Waals surface area contributed by atoms with Gasteiger partial charge in [0.15, 0.2) is 0 Å². The number of hydrogen-bond donors (Lipinski definition) is 2. The topological polar surface area (TPSA) is 50.4 Å². The van der Waals surface area contributed by atoms with Crippen molar-refractivity contribution in [2.24, 2.45) is 0 Å².